The summed E-state index contributed by atoms with van der Waals surface area (Å²) in [5.41, 5.74) is 1.63. The molecule has 0 fully saturated rings. The first-order valence-electron chi connectivity index (χ1n) is 5.63. The van der Waals surface area contributed by atoms with Crippen molar-refractivity contribution >= 4 is 17.6 Å². The molecule has 98 valence electrons. The molecular weight excluding hydrogens is 266 g/mol. The molecule has 2 rings (SSSR count). The molecule has 19 heavy (non-hydrogen) atoms. The molecule has 1 aromatic heterocycles. The highest BCUT2D eigenvalue weighted by Gasteiger charge is 2.11. The first kappa shape index (κ1) is 13.4. The second-order valence-corrected chi connectivity index (χ2v) is 4.40. The monoisotopic (exact) mass is 277 g/mol. The fourth-order valence-corrected chi connectivity index (χ4v) is 1.85. The summed E-state index contributed by atoms with van der Waals surface area (Å²) >= 11 is 5.98. The summed E-state index contributed by atoms with van der Waals surface area (Å²) < 4.78 is 5.62. The summed E-state index contributed by atoms with van der Waals surface area (Å²) in [6.07, 6.45) is 3.17. The Morgan fingerprint density at radius 1 is 1.42 bits per heavy atom. The predicted octanol–water partition coefficient (Wildman–Crippen LogP) is 3.32. The number of aromatic nitrogens is 1. The van der Waals surface area contributed by atoms with E-state index in [4.69, 9.17) is 21.4 Å². The van der Waals surface area contributed by atoms with Crippen LogP contribution in [0.5, 0.6) is 5.75 Å². The van der Waals surface area contributed by atoms with Gasteiger partial charge in [0.15, 0.2) is 0 Å². The summed E-state index contributed by atoms with van der Waals surface area (Å²) in [5.74, 6) is -0.433. The van der Waals surface area contributed by atoms with Crippen molar-refractivity contribution < 1.29 is 14.6 Å². The molecule has 4 nitrogen and oxygen atoms in total. The molecule has 0 unspecified atom stereocenters. The van der Waals surface area contributed by atoms with Gasteiger partial charge in [-0.25, -0.2) is 4.79 Å². The number of carbonyl (C=O) groups is 1. The van der Waals surface area contributed by atoms with Crippen molar-refractivity contribution in [3.05, 3.63) is 58.4 Å². The minimum atomic E-state index is -0.968. The maximum absolute atomic E-state index is 11.0. The number of carboxylic acids is 1. The maximum atomic E-state index is 11.0. The van der Waals surface area contributed by atoms with Gasteiger partial charge in [0.1, 0.15) is 12.4 Å². The van der Waals surface area contributed by atoms with Crippen LogP contribution in [0.25, 0.3) is 0 Å². The molecule has 0 amide bonds. The normalized spacial score (nSPS) is 10.2. The quantitative estimate of drug-likeness (QED) is 0.931. The summed E-state index contributed by atoms with van der Waals surface area (Å²) in [6, 6.07) is 6.69. The van der Waals surface area contributed by atoms with Gasteiger partial charge in [0, 0.05) is 23.5 Å². The highest BCUT2D eigenvalue weighted by molar-refractivity contribution is 6.31. The van der Waals surface area contributed by atoms with Crippen LogP contribution in [-0.2, 0) is 6.61 Å². The van der Waals surface area contributed by atoms with Crippen molar-refractivity contribution in [3.8, 4) is 5.75 Å². The Balaban J connectivity index is 2.19. The molecule has 5 heteroatoms. The minimum absolute atomic E-state index is 0.235. The van der Waals surface area contributed by atoms with E-state index in [0.717, 1.165) is 5.56 Å². The number of pyridine rings is 1. The number of hydrogen-bond donors (Lipinski definition) is 1. The molecule has 0 bridgehead atoms. The highest BCUT2D eigenvalue weighted by atomic mass is 35.5. The molecule has 1 N–H and O–H groups in total. The van der Waals surface area contributed by atoms with Crippen LogP contribution in [0, 0.1) is 6.92 Å². The lowest BCUT2D eigenvalue weighted by molar-refractivity contribution is 0.0695. The van der Waals surface area contributed by atoms with Crippen molar-refractivity contribution in [1.82, 2.24) is 4.98 Å². The molecular formula is C14H12ClNO3. The first-order chi connectivity index (χ1) is 9.09. The standard InChI is InChI=1S/C14H12ClNO3/c1-9-11(14(17)18)3-2-4-13(9)19-8-10-5-6-16-7-12(10)15/h2-7H,8H2,1H3,(H,17,18). The molecule has 0 saturated heterocycles. The number of benzene rings is 1. The average Bonchev–Trinajstić information content (AvgIpc) is 2.39. The van der Waals surface area contributed by atoms with Gasteiger partial charge in [-0.1, -0.05) is 17.7 Å². The van der Waals surface area contributed by atoms with E-state index in [1.165, 1.54) is 0 Å². The molecule has 1 heterocycles. The maximum Gasteiger partial charge on any atom is 0.336 e. The lowest BCUT2D eigenvalue weighted by Gasteiger charge is -2.11. The van der Waals surface area contributed by atoms with Crippen molar-refractivity contribution in [2.75, 3.05) is 0 Å². The van der Waals surface area contributed by atoms with Crippen LogP contribution in [0.4, 0.5) is 0 Å². The number of carboxylic acid groups (broad SMARTS) is 1. The van der Waals surface area contributed by atoms with Crippen molar-refractivity contribution in [2.24, 2.45) is 0 Å². The third-order valence-corrected chi connectivity index (χ3v) is 3.09. The Hall–Kier alpha value is -2.07. The molecule has 0 spiro atoms. The Labute approximate surface area is 115 Å². The third kappa shape index (κ3) is 3.03. The van der Waals surface area contributed by atoms with E-state index >= 15 is 0 Å². The van der Waals surface area contributed by atoms with E-state index in [1.54, 1.807) is 43.6 Å². The van der Waals surface area contributed by atoms with E-state index in [9.17, 15) is 4.79 Å². The summed E-state index contributed by atoms with van der Waals surface area (Å²) in [5, 5.41) is 9.56. The van der Waals surface area contributed by atoms with Crippen LogP contribution in [0.3, 0.4) is 0 Å². The van der Waals surface area contributed by atoms with Crippen LogP contribution >= 0.6 is 11.6 Å². The summed E-state index contributed by atoms with van der Waals surface area (Å²) in [6.45, 7) is 1.98. The zero-order chi connectivity index (χ0) is 13.8. The number of aromatic carboxylic acids is 1. The fraction of sp³-hybridized carbons (Fsp3) is 0.143. The number of hydrogen-bond acceptors (Lipinski definition) is 3. The third-order valence-electron chi connectivity index (χ3n) is 2.75. The van der Waals surface area contributed by atoms with E-state index < -0.39 is 5.97 Å². The van der Waals surface area contributed by atoms with Gasteiger partial charge in [-0.3, -0.25) is 4.98 Å². The van der Waals surface area contributed by atoms with Gasteiger partial charge in [0.05, 0.1) is 10.6 Å². The van der Waals surface area contributed by atoms with E-state index in [1.807, 2.05) is 0 Å². The van der Waals surface area contributed by atoms with Gasteiger partial charge in [-0.05, 0) is 25.1 Å². The molecule has 0 aliphatic heterocycles. The lowest BCUT2D eigenvalue weighted by atomic mass is 10.1. The van der Waals surface area contributed by atoms with Gasteiger partial charge >= 0.3 is 5.97 Å². The van der Waals surface area contributed by atoms with Crippen LogP contribution in [0.15, 0.2) is 36.7 Å². The molecule has 0 saturated carbocycles. The molecule has 0 aliphatic rings. The first-order valence-corrected chi connectivity index (χ1v) is 6.01. The van der Waals surface area contributed by atoms with Gasteiger partial charge in [-0.15, -0.1) is 0 Å². The average molecular weight is 278 g/mol. The second kappa shape index (κ2) is 5.71. The molecule has 0 radical (unpaired) electrons. The van der Waals surface area contributed by atoms with Gasteiger partial charge in [0.25, 0.3) is 0 Å². The summed E-state index contributed by atoms with van der Waals surface area (Å²) in [4.78, 5) is 14.9. The van der Waals surface area contributed by atoms with Gasteiger partial charge < -0.3 is 9.84 Å². The number of nitrogens with zero attached hydrogens (tertiary/aromatic N) is 1. The van der Waals surface area contributed by atoms with Crippen molar-refractivity contribution in [3.63, 3.8) is 0 Å². The van der Waals surface area contributed by atoms with Crippen molar-refractivity contribution in [1.29, 1.82) is 0 Å². The largest absolute Gasteiger partial charge is 0.489 e. The Bertz CT molecular complexity index is 613. The van der Waals surface area contributed by atoms with E-state index in [2.05, 4.69) is 4.98 Å². The van der Waals surface area contributed by atoms with Crippen LogP contribution < -0.4 is 4.74 Å². The molecule has 2 aromatic rings. The topological polar surface area (TPSA) is 59.4 Å². The Kier molecular flexibility index (Phi) is 4.02. The van der Waals surface area contributed by atoms with E-state index in [0.29, 0.717) is 16.3 Å². The van der Waals surface area contributed by atoms with Crippen LogP contribution in [0.1, 0.15) is 21.5 Å². The smallest absolute Gasteiger partial charge is 0.336 e. The number of halogens is 1. The SMILES string of the molecule is Cc1c(OCc2ccncc2Cl)cccc1C(=O)O. The van der Waals surface area contributed by atoms with Crippen LogP contribution in [0.2, 0.25) is 5.02 Å². The number of rotatable bonds is 4. The van der Waals surface area contributed by atoms with Crippen LogP contribution in [-0.4, -0.2) is 16.1 Å². The van der Waals surface area contributed by atoms with Crippen molar-refractivity contribution in [2.45, 2.75) is 13.5 Å². The highest BCUT2D eigenvalue weighted by Crippen LogP contribution is 2.23. The second-order valence-electron chi connectivity index (χ2n) is 3.99. The minimum Gasteiger partial charge on any atom is -0.489 e. The Morgan fingerprint density at radius 2 is 2.21 bits per heavy atom. The molecule has 1 aromatic carbocycles. The number of ether oxygens (including phenoxy) is 1. The fourth-order valence-electron chi connectivity index (χ4n) is 1.68. The lowest BCUT2D eigenvalue weighted by Crippen LogP contribution is -2.03. The van der Waals surface area contributed by atoms with Gasteiger partial charge in [-0.2, -0.15) is 0 Å². The van der Waals surface area contributed by atoms with Gasteiger partial charge in [0.2, 0.25) is 0 Å². The zero-order valence-corrected chi connectivity index (χ0v) is 11.0. The molecule has 0 atom stereocenters. The zero-order valence-electron chi connectivity index (χ0n) is 10.3. The molecule has 0 aliphatic carbocycles. The summed E-state index contributed by atoms with van der Waals surface area (Å²) in [7, 11) is 0. The predicted molar refractivity (Wildman–Crippen MR) is 71.7 cm³/mol. The van der Waals surface area contributed by atoms with E-state index in [-0.39, 0.29) is 12.2 Å². The Morgan fingerprint density at radius 3 is 2.89 bits per heavy atom.